The fourth-order valence-corrected chi connectivity index (χ4v) is 1.80. The molecule has 0 heterocycles. The summed E-state index contributed by atoms with van der Waals surface area (Å²) in [5.74, 6) is -1.23. The summed E-state index contributed by atoms with van der Waals surface area (Å²) in [6.45, 7) is 0. The molecule has 0 atom stereocenters. The molecule has 0 saturated carbocycles. The van der Waals surface area contributed by atoms with Gasteiger partial charge in [-0.25, -0.2) is 4.39 Å². The molecule has 0 aliphatic heterocycles. The minimum absolute atomic E-state index is 0.0223. The molecule has 21 heavy (non-hydrogen) atoms. The molecule has 1 N–H and O–H groups in total. The highest BCUT2D eigenvalue weighted by Crippen LogP contribution is 2.14. The predicted octanol–water partition coefficient (Wildman–Crippen LogP) is 2.78. The van der Waals surface area contributed by atoms with E-state index in [2.05, 4.69) is 5.32 Å². The second-order valence-corrected chi connectivity index (χ2v) is 4.71. The van der Waals surface area contributed by atoms with E-state index in [0.29, 0.717) is 11.3 Å². The number of amides is 2. The third-order valence-corrected chi connectivity index (χ3v) is 2.91. The summed E-state index contributed by atoms with van der Waals surface area (Å²) >= 11 is 0. The standard InChI is InChI=1S/C16H15FN2O2/c1-19(2)16(21)11-7-9-12(10-8-11)18-15(20)13-5-3-4-6-14(13)17/h3-10H,1-2H3,(H,18,20). The van der Waals surface area contributed by atoms with Crippen molar-refractivity contribution in [3.05, 3.63) is 65.5 Å². The minimum atomic E-state index is -0.575. The molecule has 4 nitrogen and oxygen atoms in total. The van der Waals surface area contributed by atoms with E-state index < -0.39 is 11.7 Å². The molecular formula is C16H15FN2O2. The zero-order chi connectivity index (χ0) is 15.4. The summed E-state index contributed by atoms with van der Waals surface area (Å²) in [5.41, 5.74) is 0.994. The maximum Gasteiger partial charge on any atom is 0.258 e. The molecule has 5 heteroatoms. The Balaban J connectivity index is 2.12. The van der Waals surface area contributed by atoms with Gasteiger partial charge in [0.05, 0.1) is 5.56 Å². The first-order valence-corrected chi connectivity index (χ1v) is 6.36. The normalized spacial score (nSPS) is 10.0. The summed E-state index contributed by atoms with van der Waals surface area (Å²) in [4.78, 5) is 25.1. The van der Waals surface area contributed by atoms with E-state index in [4.69, 9.17) is 0 Å². The van der Waals surface area contributed by atoms with Gasteiger partial charge in [-0.05, 0) is 36.4 Å². The molecule has 0 aliphatic carbocycles. The van der Waals surface area contributed by atoms with Gasteiger partial charge in [-0.15, -0.1) is 0 Å². The van der Waals surface area contributed by atoms with E-state index in [1.807, 2.05) is 0 Å². The molecule has 0 aromatic heterocycles. The van der Waals surface area contributed by atoms with Crippen LogP contribution in [0.2, 0.25) is 0 Å². The van der Waals surface area contributed by atoms with Gasteiger partial charge in [0.25, 0.3) is 11.8 Å². The lowest BCUT2D eigenvalue weighted by atomic mass is 10.1. The van der Waals surface area contributed by atoms with Crippen LogP contribution in [0.5, 0.6) is 0 Å². The Morgan fingerprint density at radius 3 is 2.19 bits per heavy atom. The monoisotopic (exact) mass is 286 g/mol. The Morgan fingerprint density at radius 1 is 1.00 bits per heavy atom. The van der Waals surface area contributed by atoms with Crippen molar-refractivity contribution in [1.29, 1.82) is 0 Å². The SMILES string of the molecule is CN(C)C(=O)c1ccc(NC(=O)c2ccccc2F)cc1. The number of hydrogen-bond donors (Lipinski definition) is 1. The number of nitrogens with zero attached hydrogens (tertiary/aromatic N) is 1. The van der Waals surface area contributed by atoms with Crippen molar-refractivity contribution < 1.29 is 14.0 Å². The first kappa shape index (κ1) is 14.7. The van der Waals surface area contributed by atoms with Crippen molar-refractivity contribution in [3.63, 3.8) is 0 Å². The van der Waals surface area contributed by atoms with Crippen LogP contribution in [-0.4, -0.2) is 30.8 Å². The Morgan fingerprint density at radius 2 is 1.62 bits per heavy atom. The zero-order valence-electron chi connectivity index (χ0n) is 11.8. The molecule has 2 aromatic carbocycles. The minimum Gasteiger partial charge on any atom is -0.345 e. The average Bonchev–Trinajstić information content (AvgIpc) is 2.47. The van der Waals surface area contributed by atoms with E-state index in [1.54, 1.807) is 44.4 Å². The van der Waals surface area contributed by atoms with Gasteiger partial charge in [0.15, 0.2) is 0 Å². The van der Waals surface area contributed by atoms with Crippen LogP contribution in [0, 0.1) is 5.82 Å². The van der Waals surface area contributed by atoms with E-state index in [9.17, 15) is 14.0 Å². The van der Waals surface area contributed by atoms with Gasteiger partial charge in [0.1, 0.15) is 5.82 Å². The van der Waals surface area contributed by atoms with Gasteiger partial charge in [-0.2, -0.15) is 0 Å². The number of halogens is 1. The Kier molecular flexibility index (Phi) is 4.33. The molecule has 0 aliphatic rings. The fourth-order valence-electron chi connectivity index (χ4n) is 1.80. The second-order valence-electron chi connectivity index (χ2n) is 4.71. The van der Waals surface area contributed by atoms with Crippen molar-refractivity contribution >= 4 is 17.5 Å². The maximum atomic E-state index is 13.5. The molecular weight excluding hydrogens is 271 g/mol. The quantitative estimate of drug-likeness (QED) is 0.943. The molecule has 0 unspecified atom stereocenters. The maximum absolute atomic E-state index is 13.5. The lowest BCUT2D eigenvalue weighted by Gasteiger charge is -2.11. The second kappa shape index (κ2) is 6.17. The first-order valence-electron chi connectivity index (χ1n) is 6.36. The van der Waals surface area contributed by atoms with Crippen LogP contribution in [0.3, 0.4) is 0 Å². The summed E-state index contributed by atoms with van der Waals surface area (Å²) in [6.07, 6.45) is 0. The first-order chi connectivity index (χ1) is 9.99. The highest BCUT2D eigenvalue weighted by molar-refractivity contribution is 6.04. The van der Waals surface area contributed by atoms with Crippen molar-refractivity contribution in [2.24, 2.45) is 0 Å². The lowest BCUT2D eigenvalue weighted by Crippen LogP contribution is -2.21. The van der Waals surface area contributed by atoms with Crippen LogP contribution < -0.4 is 5.32 Å². The Bertz CT molecular complexity index is 666. The number of benzene rings is 2. The van der Waals surface area contributed by atoms with Gasteiger partial charge in [0.2, 0.25) is 0 Å². The smallest absolute Gasteiger partial charge is 0.258 e. The molecule has 0 radical (unpaired) electrons. The van der Waals surface area contributed by atoms with E-state index >= 15 is 0 Å². The fraction of sp³-hybridized carbons (Fsp3) is 0.125. The van der Waals surface area contributed by atoms with Gasteiger partial charge in [-0.3, -0.25) is 9.59 Å². The summed E-state index contributed by atoms with van der Waals surface area (Å²) in [7, 11) is 3.33. The largest absolute Gasteiger partial charge is 0.345 e. The van der Waals surface area contributed by atoms with E-state index in [1.165, 1.54) is 23.1 Å². The van der Waals surface area contributed by atoms with E-state index in [-0.39, 0.29) is 11.5 Å². The molecule has 108 valence electrons. The van der Waals surface area contributed by atoms with Crippen LogP contribution in [0.4, 0.5) is 10.1 Å². The van der Waals surface area contributed by atoms with Crippen LogP contribution in [0.15, 0.2) is 48.5 Å². The van der Waals surface area contributed by atoms with Crippen molar-refractivity contribution in [2.75, 3.05) is 19.4 Å². The third-order valence-electron chi connectivity index (χ3n) is 2.91. The number of carbonyl (C=O) groups is 2. The van der Waals surface area contributed by atoms with Crippen LogP contribution >= 0.6 is 0 Å². The van der Waals surface area contributed by atoms with Gasteiger partial charge >= 0.3 is 0 Å². The number of rotatable bonds is 3. The zero-order valence-corrected chi connectivity index (χ0v) is 11.8. The summed E-state index contributed by atoms with van der Waals surface area (Å²) in [6, 6.07) is 12.2. The topological polar surface area (TPSA) is 49.4 Å². The van der Waals surface area contributed by atoms with Gasteiger partial charge in [0, 0.05) is 25.3 Å². The van der Waals surface area contributed by atoms with Crippen LogP contribution in [0.1, 0.15) is 20.7 Å². The van der Waals surface area contributed by atoms with Crippen molar-refractivity contribution in [3.8, 4) is 0 Å². The number of nitrogens with one attached hydrogen (secondary N) is 1. The lowest BCUT2D eigenvalue weighted by molar-refractivity contribution is 0.0827. The molecule has 0 fully saturated rings. The highest BCUT2D eigenvalue weighted by Gasteiger charge is 2.12. The molecule has 0 spiro atoms. The van der Waals surface area contributed by atoms with Crippen LogP contribution in [-0.2, 0) is 0 Å². The Hall–Kier alpha value is -2.69. The molecule has 2 aromatic rings. The van der Waals surface area contributed by atoms with Crippen molar-refractivity contribution in [2.45, 2.75) is 0 Å². The third kappa shape index (κ3) is 3.45. The highest BCUT2D eigenvalue weighted by atomic mass is 19.1. The Labute approximate surface area is 122 Å². The number of carbonyl (C=O) groups excluding carboxylic acids is 2. The van der Waals surface area contributed by atoms with Crippen LogP contribution in [0.25, 0.3) is 0 Å². The van der Waals surface area contributed by atoms with Gasteiger partial charge < -0.3 is 10.2 Å². The predicted molar refractivity (Wildman–Crippen MR) is 78.8 cm³/mol. The average molecular weight is 286 g/mol. The molecule has 0 bridgehead atoms. The summed E-state index contributed by atoms with van der Waals surface area (Å²) in [5, 5.41) is 2.59. The van der Waals surface area contributed by atoms with Gasteiger partial charge in [-0.1, -0.05) is 12.1 Å². The number of hydrogen-bond acceptors (Lipinski definition) is 2. The van der Waals surface area contributed by atoms with E-state index in [0.717, 1.165) is 0 Å². The number of anilines is 1. The molecule has 2 amide bonds. The summed E-state index contributed by atoms with van der Waals surface area (Å²) < 4.78 is 13.5. The molecule has 2 rings (SSSR count). The molecule has 0 saturated heterocycles. The van der Waals surface area contributed by atoms with Crippen molar-refractivity contribution in [1.82, 2.24) is 4.90 Å².